The molecule has 0 unspecified atom stereocenters. The Morgan fingerprint density at radius 3 is 3.00 bits per heavy atom. The molecule has 0 saturated heterocycles. The zero-order valence-electron chi connectivity index (χ0n) is 8.71. The number of H-pyrrole nitrogens is 1. The van der Waals surface area contributed by atoms with Crippen molar-refractivity contribution >= 4 is 0 Å². The lowest BCUT2D eigenvalue weighted by molar-refractivity contribution is 0.184. The number of aryl methyl sites for hydroxylation is 2. The standard InChI is InChI=1S/C11H18N2O/c1-8(14)6-7-11-9-4-2-3-5-10(9)12-13-11/h8,14H,2-7H2,1H3,(H,12,13)/t8-/m0/s1. The molecule has 3 nitrogen and oxygen atoms in total. The molecule has 1 atom stereocenters. The molecule has 1 aromatic rings. The molecular weight excluding hydrogens is 176 g/mol. The first-order valence-electron chi connectivity index (χ1n) is 5.50. The van der Waals surface area contributed by atoms with Gasteiger partial charge in [-0.2, -0.15) is 5.10 Å². The largest absolute Gasteiger partial charge is 0.393 e. The monoisotopic (exact) mass is 194 g/mol. The molecule has 0 spiro atoms. The van der Waals surface area contributed by atoms with Crippen LogP contribution in [0.4, 0.5) is 0 Å². The summed E-state index contributed by atoms with van der Waals surface area (Å²) in [5.74, 6) is 0. The smallest absolute Gasteiger partial charge is 0.0657 e. The summed E-state index contributed by atoms with van der Waals surface area (Å²) in [4.78, 5) is 0. The second kappa shape index (κ2) is 4.13. The maximum absolute atomic E-state index is 9.22. The van der Waals surface area contributed by atoms with E-state index in [1.165, 1.54) is 36.2 Å². The molecule has 0 aliphatic heterocycles. The van der Waals surface area contributed by atoms with Crippen molar-refractivity contribution in [1.82, 2.24) is 10.2 Å². The number of nitrogens with zero attached hydrogens (tertiary/aromatic N) is 1. The normalized spacial score (nSPS) is 17.9. The summed E-state index contributed by atoms with van der Waals surface area (Å²) in [5, 5.41) is 16.7. The first-order chi connectivity index (χ1) is 6.77. The fourth-order valence-corrected chi connectivity index (χ4v) is 2.10. The molecule has 0 radical (unpaired) electrons. The molecule has 1 heterocycles. The number of aromatic nitrogens is 2. The van der Waals surface area contributed by atoms with Gasteiger partial charge in [0.15, 0.2) is 0 Å². The van der Waals surface area contributed by atoms with Crippen molar-refractivity contribution in [3.8, 4) is 0 Å². The van der Waals surface area contributed by atoms with E-state index >= 15 is 0 Å². The molecule has 0 fully saturated rings. The number of hydrogen-bond acceptors (Lipinski definition) is 2. The van der Waals surface area contributed by atoms with E-state index in [0.717, 1.165) is 19.3 Å². The van der Waals surface area contributed by atoms with Crippen molar-refractivity contribution in [3.05, 3.63) is 17.0 Å². The molecule has 1 aliphatic carbocycles. The fourth-order valence-electron chi connectivity index (χ4n) is 2.10. The lowest BCUT2D eigenvalue weighted by atomic mass is 9.94. The Hall–Kier alpha value is -0.830. The van der Waals surface area contributed by atoms with Crippen LogP contribution in [0.2, 0.25) is 0 Å². The van der Waals surface area contributed by atoms with Crippen LogP contribution in [-0.2, 0) is 19.3 Å². The van der Waals surface area contributed by atoms with Gasteiger partial charge in [0.1, 0.15) is 0 Å². The first kappa shape index (κ1) is 9.71. The third-order valence-corrected chi connectivity index (χ3v) is 2.94. The molecule has 0 amide bonds. The Labute approximate surface area is 84.5 Å². The van der Waals surface area contributed by atoms with E-state index in [0.29, 0.717) is 0 Å². The zero-order valence-corrected chi connectivity index (χ0v) is 8.71. The molecule has 0 bridgehead atoms. The minimum Gasteiger partial charge on any atom is -0.393 e. The van der Waals surface area contributed by atoms with Crippen molar-refractivity contribution in [1.29, 1.82) is 0 Å². The third kappa shape index (κ3) is 1.98. The van der Waals surface area contributed by atoms with Gasteiger partial charge in [0.25, 0.3) is 0 Å². The molecule has 0 aromatic carbocycles. The van der Waals surface area contributed by atoms with Gasteiger partial charge in [-0.25, -0.2) is 0 Å². The number of fused-ring (bicyclic) bond motifs is 1. The number of nitrogens with one attached hydrogen (secondary N) is 1. The average Bonchev–Trinajstić information content (AvgIpc) is 2.58. The predicted octanol–water partition coefficient (Wildman–Crippen LogP) is 1.60. The SMILES string of the molecule is C[C@H](O)CCc1n[nH]c2c1CCCC2. The summed E-state index contributed by atoms with van der Waals surface area (Å²) >= 11 is 0. The fraction of sp³-hybridized carbons (Fsp3) is 0.727. The Kier molecular flexibility index (Phi) is 2.87. The van der Waals surface area contributed by atoms with Crippen molar-refractivity contribution in [3.63, 3.8) is 0 Å². The van der Waals surface area contributed by atoms with Crippen LogP contribution in [0, 0.1) is 0 Å². The minimum absolute atomic E-state index is 0.217. The van der Waals surface area contributed by atoms with Gasteiger partial charge >= 0.3 is 0 Å². The maximum Gasteiger partial charge on any atom is 0.0657 e. The van der Waals surface area contributed by atoms with Crippen LogP contribution in [0.25, 0.3) is 0 Å². The second-order valence-electron chi connectivity index (χ2n) is 4.22. The van der Waals surface area contributed by atoms with E-state index in [-0.39, 0.29) is 6.10 Å². The molecule has 1 aromatic heterocycles. The highest BCUT2D eigenvalue weighted by Crippen LogP contribution is 2.22. The highest BCUT2D eigenvalue weighted by Gasteiger charge is 2.16. The summed E-state index contributed by atoms with van der Waals surface area (Å²) in [5.41, 5.74) is 3.94. The molecule has 78 valence electrons. The number of aliphatic hydroxyl groups excluding tert-OH is 1. The summed E-state index contributed by atoms with van der Waals surface area (Å²) in [7, 11) is 0. The van der Waals surface area contributed by atoms with E-state index in [9.17, 15) is 5.11 Å². The lowest BCUT2D eigenvalue weighted by Crippen LogP contribution is -2.05. The maximum atomic E-state index is 9.22. The summed E-state index contributed by atoms with van der Waals surface area (Å²) in [6.45, 7) is 1.83. The summed E-state index contributed by atoms with van der Waals surface area (Å²) in [6, 6.07) is 0. The van der Waals surface area contributed by atoms with E-state index in [1.807, 2.05) is 6.92 Å². The van der Waals surface area contributed by atoms with E-state index in [2.05, 4.69) is 10.2 Å². The van der Waals surface area contributed by atoms with E-state index in [1.54, 1.807) is 0 Å². The highest BCUT2D eigenvalue weighted by atomic mass is 16.3. The van der Waals surface area contributed by atoms with Gasteiger partial charge in [0.05, 0.1) is 11.8 Å². The highest BCUT2D eigenvalue weighted by molar-refractivity contribution is 5.27. The van der Waals surface area contributed by atoms with Gasteiger partial charge in [0, 0.05) is 5.69 Å². The number of aliphatic hydroxyl groups is 1. The second-order valence-corrected chi connectivity index (χ2v) is 4.22. The van der Waals surface area contributed by atoms with Gasteiger partial charge in [-0.15, -0.1) is 0 Å². The van der Waals surface area contributed by atoms with Crippen LogP contribution < -0.4 is 0 Å². The Balaban J connectivity index is 2.06. The Morgan fingerprint density at radius 2 is 2.21 bits per heavy atom. The Bertz CT molecular complexity index is 304. The topological polar surface area (TPSA) is 48.9 Å². The number of aromatic amines is 1. The van der Waals surface area contributed by atoms with Crippen LogP contribution in [-0.4, -0.2) is 21.4 Å². The summed E-state index contributed by atoms with van der Waals surface area (Å²) < 4.78 is 0. The van der Waals surface area contributed by atoms with Crippen LogP contribution in [0.1, 0.15) is 43.1 Å². The summed E-state index contributed by atoms with van der Waals surface area (Å²) in [6.07, 6.45) is 6.39. The number of hydrogen-bond donors (Lipinski definition) is 2. The Morgan fingerprint density at radius 1 is 1.43 bits per heavy atom. The van der Waals surface area contributed by atoms with Crippen molar-refractivity contribution < 1.29 is 5.11 Å². The van der Waals surface area contributed by atoms with Crippen LogP contribution in [0.15, 0.2) is 0 Å². The van der Waals surface area contributed by atoms with Gasteiger partial charge < -0.3 is 5.11 Å². The first-order valence-corrected chi connectivity index (χ1v) is 5.50. The van der Waals surface area contributed by atoms with E-state index in [4.69, 9.17) is 0 Å². The van der Waals surface area contributed by atoms with Gasteiger partial charge in [-0.1, -0.05) is 0 Å². The molecule has 2 rings (SSSR count). The predicted molar refractivity (Wildman–Crippen MR) is 55.2 cm³/mol. The van der Waals surface area contributed by atoms with Crippen molar-refractivity contribution in [2.75, 3.05) is 0 Å². The molecule has 14 heavy (non-hydrogen) atoms. The van der Waals surface area contributed by atoms with Crippen molar-refractivity contribution in [2.45, 2.75) is 51.6 Å². The van der Waals surface area contributed by atoms with Crippen LogP contribution in [0.3, 0.4) is 0 Å². The molecule has 0 saturated carbocycles. The molecule has 1 aliphatic rings. The van der Waals surface area contributed by atoms with Crippen molar-refractivity contribution in [2.24, 2.45) is 0 Å². The van der Waals surface area contributed by atoms with Gasteiger partial charge in [-0.3, -0.25) is 5.10 Å². The van der Waals surface area contributed by atoms with Gasteiger partial charge in [0.2, 0.25) is 0 Å². The third-order valence-electron chi connectivity index (χ3n) is 2.94. The molecular formula is C11H18N2O. The van der Waals surface area contributed by atoms with Crippen LogP contribution >= 0.6 is 0 Å². The average molecular weight is 194 g/mol. The minimum atomic E-state index is -0.217. The quantitative estimate of drug-likeness (QED) is 0.768. The zero-order chi connectivity index (χ0) is 9.97. The number of rotatable bonds is 3. The molecule has 3 heteroatoms. The van der Waals surface area contributed by atoms with Gasteiger partial charge in [-0.05, 0) is 51.0 Å². The van der Waals surface area contributed by atoms with Crippen LogP contribution in [0.5, 0.6) is 0 Å². The lowest BCUT2D eigenvalue weighted by Gasteiger charge is -2.11. The van der Waals surface area contributed by atoms with E-state index < -0.39 is 0 Å². The molecule has 2 N–H and O–H groups in total.